The Bertz CT molecular complexity index is 725. The van der Waals surface area contributed by atoms with E-state index in [-0.39, 0.29) is 18.3 Å². The summed E-state index contributed by atoms with van der Waals surface area (Å²) in [5.74, 6) is 0.549. The third-order valence-corrected chi connectivity index (χ3v) is 4.24. The van der Waals surface area contributed by atoms with Crippen molar-refractivity contribution in [3.63, 3.8) is 0 Å². The number of carbonyl (C=O) groups is 2. The molecule has 0 fully saturated rings. The van der Waals surface area contributed by atoms with Crippen molar-refractivity contribution in [3.05, 3.63) is 57.2 Å². The van der Waals surface area contributed by atoms with Crippen molar-refractivity contribution in [1.82, 2.24) is 0 Å². The summed E-state index contributed by atoms with van der Waals surface area (Å²) in [5.41, 5.74) is 2.37. The van der Waals surface area contributed by atoms with E-state index in [9.17, 15) is 9.59 Å². The second-order valence-electron chi connectivity index (χ2n) is 5.05. The SMILES string of the molecule is O=C(COc1cccc2c1CCC2=O)Nc1ccc(I)cc1. The van der Waals surface area contributed by atoms with Crippen LogP contribution >= 0.6 is 22.6 Å². The van der Waals surface area contributed by atoms with E-state index < -0.39 is 0 Å². The Morgan fingerprint density at radius 1 is 1.14 bits per heavy atom. The molecule has 1 aliphatic carbocycles. The van der Waals surface area contributed by atoms with E-state index in [4.69, 9.17) is 4.74 Å². The molecule has 112 valence electrons. The maximum atomic E-state index is 11.9. The highest BCUT2D eigenvalue weighted by atomic mass is 127. The first-order valence-electron chi connectivity index (χ1n) is 6.97. The summed E-state index contributed by atoms with van der Waals surface area (Å²) < 4.78 is 6.70. The minimum absolute atomic E-state index is 0.0728. The van der Waals surface area contributed by atoms with E-state index in [1.165, 1.54) is 0 Å². The highest BCUT2D eigenvalue weighted by molar-refractivity contribution is 14.1. The van der Waals surface area contributed by atoms with Gasteiger partial charge in [-0.2, -0.15) is 0 Å². The van der Waals surface area contributed by atoms with Crippen LogP contribution < -0.4 is 10.1 Å². The summed E-state index contributed by atoms with van der Waals surface area (Å²) in [7, 11) is 0. The second-order valence-corrected chi connectivity index (χ2v) is 6.29. The topological polar surface area (TPSA) is 55.4 Å². The van der Waals surface area contributed by atoms with Crippen LogP contribution in [0.3, 0.4) is 0 Å². The van der Waals surface area contributed by atoms with Crippen molar-refractivity contribution in [2.75, 3.05) is 11.9 Å². The molecule has 4 nitrogen and oxygen atoms in total. The van der Waals surface area contributed by atoms with Gasteiger partial charge in [0.15, 0.2) is 12.4 Å². The molecule has 5 heteroatoms. The Labute approximate surface area is 142 Å². The molecular formula is C17H14INO3. The first-order valence-corrected chi connectivity index (χ1v) is 8.04. The molecule has 0 unspecified atom stereocenters. The van der Waals surface area contributed by atoms with Gasteiger partial charge in [0.1, 0.15) is 5.75 Å². The zero-order valence-corrected chi connectivity index (χ0v) is 13.9. The van der Waals surface area contributed by atoms with E-state index in [1.807, 2.05) is 30.3 Å². The molecule has 0 saturated heterocycles. The fraction of sp³-hybridized carbons (Fsp3) is 0.176. The van der Waals surface area contributed by atoms with Crippen molar-refractivity contribution in [3.8, 4) is 5.75 Å². The van der Waals surface area contributed by atoms with E-state index in [2.05, 4.69) is 27.9 Å². The quantitative estimate of drug-likeness (QED) is 0.791. The minimum atomic E-state index is -0.219. The maximum absolute atomic E-state index is 11.9. The molecule has 1 amide bonds. The number of fused-ring (bicyclic) bond motifs is 1. The van der Waals surface area contributed by atoms with Crippen molar-refractivity contribution >= 4 is 40.0 Å². The summed E-state index contributed by atoms with van der Waals surface area (Å²) >= 11 is 2.21. The highest BCUT2D eigenvalue weighted by Crippen LogP contribution is 2.30. The Morgan fingerprint density at radius 3 is 2.68 bits per heavy atom. The molecule has 0 radical (unpaired) electrons. The van der Waals surface area contributed by atoms with Gasteiger partial charge in [-0.15, -0.1) is 0 Å². The molecule has 2 aromatic carbocycles. The average molecular weight is 407 g/mol. The molecule has 0 heterocycles. The number of ketones is 1. The van der Waals surface area contributed by atoms with E-state index in [0.29, 0.717) is 18.6 Å². The number of carbonyl (C=O) groups excluding carboxylic acids is 2. The number of hydrogen-bond donors (Lipinski definition) is 1. The molecule has 2 aromatic rings. The van der Waals surface area contributed by atoms with Crippen LogP contribution in [-0.2, 0) is 11.2 Å². The zero-order chi connectivity index (χ0) is 15.5. The van der Waals surface area contributed by atoms with Gasteiger partial charge < -0.3 is 10.1 Å². The number of nitrogens with one attached hydrogen (secondary N) is 1. The molecule has 0 saturated carbocycles. The summed E-state index contributed by atoms with van der Waals surface area (Å²) in [6, 6.07) is 12.9. The molecule has 0 aliphatic heterocycles. The lowest BCUT2D eigenvalue weighted by Gasteiger charge is -2.10. The molecule has 0 bridgehead atoms. The maximum Gasteiger partial charge on any atom is 0.262 e. The lowest BCUT2D eigenvalue weighted by molar-refractivity contribution is -0.118. The van der Waals surface area contributed by atoms with Crippen LogP contribution in [0, 0.1) is 3.57 Å². The van der Waals surface area contributed by atoms with Crippen molar-refractivity contribution in [2.45, 2.75) is 12.8 Å². The number of hydrogen-bond acceptors (Lipinski definition) is 3. The molecule has 3 rings (SSSR count). The fourth-order valence-electron chi connectivity index (χ4n) is 2.47. The van der Waals surface area contributed by atoms with Gasteiger partial charge in [0.25, 0.3) is 5.91 Å². The zero-order valence-electron chi connectivity index (χ0n) is 11.8. The first-order chi connectivity index (χ1) is 10.6. The Balaban J connectivity index is 1.62. The number of benzene rings is 2. The number of ether oxygens (including phenoxy) is 1. The number of halogens is 1. The van der Waals surface area contributed by atoms with Crippen LogP contribution in [0.25, 0.3) is 0 Å². The highest BCUT2D eigenvalue weighted by Gasteiger charge is 2.22. The Kier molecular flexibility index (Phi) is 4.42. The lowest BCUT2D eigenvalue weighted by atomic mass is 10.1. The number of Topliss-reactive ketones (excluding diaryl/α,β-unsaturated/α-hetero) is 1. The van der Waals surface area contributed by atoms with Crippen molar-refractivity contribution < 1.29 is 14.3 Å². The fourth-order valence-corrected chi connectivity index (χ4v) is 2.83. The van der Waals surface area contributed by atoms with Crippen molar-refractivity contribution in [2.24, 2.45) is 0 Å². The molecule has 0 spiro atoms. The van der Waals surface area contributed by atoms with Gasteiger partial charge in [0, 0.05) is 26.8 Å². The predicted molar refractivity (Wildman–Crippen MR) is 92.4 cm³/mol. The van der Waals surface area contributed by atoms with Crippen LogP contribution in [0.1, 0.15) is 22.3 Å². The van der Waals surface area contributed by atoms with Gasteiger partial charge in [-0.3, -0.25) is 9.59 Å². The van der Waals surface area contributed by atoms with E-state index in [1.54, 1.807) is 12.1 Å². The van der Waals surface area contributed by atoms with E-state index in [0.717, 1.165) is 20.4 Å². The van der Waals surface area contributed by atoms with Crippen LogP contribution in [0.2, 0.25) is 0 Å². The van der Waals surface area contributed by atoms with Crippen LogP contribution in [0.5, 0.6) is 5.75 Å². The lowest BCUT2D eigenvalue weighted by Crippen LogP contribution is -2.20. The predicted octanol–water partition coefficient (Wildman–Crippen LogP) is 3.44. The third kappa shape index (κ3) is 3.30. The Morgan fingerprint density at radius 2 is 1.91 bits per heavy atom. The third-order valence-electron chi connectivity index (χ3n) is 3.52. The van der Waals surface area contributed by atoms with Gasteiger partial charge >= 0.3 is 0 Å². The normalized spacial score (nSPS) is 12.9. The average Bonchev–Trinajstić information content (AvgIpc) is 2.90. The van der Waals surface area contributed by atoms with Gasteiger partial charge in [0.05, 0.1) is 0 Å². The van der Waals surface area contributed by atoms with Gasteiger partial charge in [-0.25, -0.2) is 0 Å². The summed E-state index contributed by atoms with van der Waals surface area (Å²) in [5, 5.41) is 2.78. The number of amides is 1. The van der Waals surface area contributed by atoms with Gasteiger partial charge in [-0.05, 0) is 59.3 Å². The van der Waals surface area contributed by atoms with Crippen molar-refractivity contribution in [1.29, 1.82) is 0 Å². The Hall–Kier alpha value is -1.89. The molecule has 0 aromatic heterocycles. The van der Waals surface area contributed by atoms with Gasteiger partial charge in [-0.1, -0.05) is 12.1 Å². The summed E-state index contributed by atoms with van der Waals surface area (Å²) in [6.07, 6.45) is 1.20. The molecule has 0 atom stereocenters. The second kappa shape index (κ2) is 6.48. The standard InChI is InChI=1S/C17H14INO3/c18-11-4-6-12(7-5-11)19-17(21)10-22-16-3-1-2-13-14(16)8-9-15(13)20/h1-7H,8-10H2,(H,19,21). The largest absolute Gasteiger partial charge is 0.483 e. The minimum Gasteiger partial charge on any atom is -0.483 e. The summed E-state index contributed by atoms with van der Waals surface area (Å²) in [6.45, 7) is -0.0728. The first kappa shape index (κ1) is 15.0. The smallest absolute Gasteiger partial charge is 0.262 e. The van der Waals surface area contributed by atoms with E-state index >= 15 is 0 Å². The molecule has 22 heavy (non-hydrogen) atoms. The summed E-state index contributed by atoms with van der Waals surface area (Å²) in [4.78, 5) is 23.6. The number of rotatable bonds is 4. The monoisotopic (exact) mass is 407 g/mol. The molecule has 1 aliphatic rings. The van der Waals surface area contributed by atoms with Gasteiger partial charge in [0.2, 0.25) is 0 Å². The van der Waals surface area contributed by atoms with Crippen LogP contribution in [0.4, 0.5) is 5.69 Å². The molecular weight excluding hydrogens is 393 g/mol. The van der Waals surface area contributed by atoms with Crippen LogP contribution in [-0.4, -0.2) is 18.3 Å². The number of anilines is 1. The molecule has 1 N–H and O–H groups in total. The van der Waals surface area contributed by atoms with Crippen LogP contribution in [0.15, 0.2) is 42.5 Å².